The highest BCUT2D eigenvalue weighted by Gasteiger charge is 2.33. The van der Waals surface area contributed by atoms with E-state index in [2.05, 4.69) is 6.92 Å². The molecule has 0 radical (unpaired) electrons. The maximum Gasteiger partial charge on any atom is 0.416 e. The predicted molar refractivity (Wildman–Crippen MR) is 71.3 cm³/mol. The van der Waals surface area contributed by atoms with E-state index in [9.17, 15) is 18.0 Å². The Morgan fingerprint density at radius 2 is 2.00 bits per heavy atom. The third kappa shape index (κ3) is 3.14. The van der Waals surface area contributed by atoms with Crippen molar-refractivity contribution >= 4 is 11.5 Å². The summed E-state index contributed by atoms with van der Waals surface area (Å²) >= 11 is 0. The molecule has 1 fully saturated rings. The van der Waals surface area contributed by atoms with E-state index in [1.54, 1.807) is 0 Å². The number of carbonyl (C=O) groups is 1. The molecule has 0 aliphatic heterocycles. The van der Waals surface area contributed by atoms with Crippen molar-refractivity contribution in [2.45, 2.75) is 38.8 Å². The van der Waals surface area contributed by atoms with Crippen molar-refractivity contribution in [3.63, 3.8) is 0 Å². The van der Waals surface area contributed by atoms with Crippen LogP contribution in [0.1, 0.15) is 48.5 Å². The number of halogens is 3. The summed E-state index contributed by atoms with van der Waals surface area (Å²) in [4.78, 5) is 12.4. The summed E-state index contributed by atoms with van der Waals surface area (Å²) in [5.74, 6) is -0.0191. The van der Waals surface area contributed by atoms with Crippen LogP contribution in [0.15, 0.2) is 18.2 Å². The van der Waals surface area contributed by atoms with Gasteiger partial charge in [-0.2, -0.15) is 13.2 Å². The molecule has 0 bridgehead atoms. The van der Waals surface area contributed by atoms with Gasteiger partial charge in [0.15, 0.2) is 5.78 Å². The predicted octanol–water partition coefficient (Wildman–Crippen LogP) is 4.30. The normalized spacial score (nSPS) is 23.6. The lowest BCUT2D eigenvalue weighted by Gasteiger charge is -2.26. The van der Waals surface area contributed by atoms with Gasteiger partial charge in [0.25, 0.3) is 0 Å². The Labute approximate surface area is 116 Å². The first-order valence-electron chi connectivity index (χ1n) is 6.80. The standard InChI is InChI=1S/C15H18F3NO/c1-9-3-2-4-10(7-9)14(20)12-8-11(15(16,17)18)5-6-13(12)19/h5-6,8-10H,2-4,7,19H2,1H3. The molecular formula is C15H18F3NO. The molecule has 0 aromatic heterocycles. The van der Waals surface area contributed by atoms with Gasteiger partial charge in [-0.1, -0.05) is 19.8 Å². The van der Waals surface area contributed by atoms with Crippen LogP contribution in [0, 0.1) is 11.8 Å². The molecule has 1 saturated carbocycles. The summed E-state index contributed by atoms with van der Waals surface area (Å²) in [6, 6.07) is 2.97. The van der Waals surface area contributed by atoms with E-state index >= 15 is 0 Å². The molecule has 2 N–H and O–H groups in total. The maximum atomic E-state index is 12.7. The maximum absolute atomic E-state index is 12.7. The number of rotatable bonds is 2. The average Bonchev–Trinajstić information content (AvgIpc) is 2.37. The zero-order valence-corrected chi connectivity index (χ0v) is 11.3. The minimum Gasteiger partial charge on any atom is -0.398 e. The Morgan fingerprint density at radius 1 is 1.30 bits per heavy atom. The van der Waals surface area contributed by atoms with Gasteiger partial charge in [-0.25, -0.2) is 0 Å². The van der Waals surface area contributed by atoms with E-state index in [1.165, 1.54) is 6.07 Å². The van der Waals surface area contributed by atoms with Crippen LogP contribution >= 0.6 is 0 Å². The van der Waals surface area contributed by atoms with Crippen LogP contribution in [0.3, 0.4) is 0 Å². The number of nitrogen functional groups attached to an aromatic ring is 1. The van der Waals surface area contributed by atoms with Gasteiger partial charge >= 0.3 is 6.18 Å². The fourth-order valence-corrected chi connectivity index (χ4v) is 2.84. The fraction of sp³-hybridized carbons (Fsp3) is 0.533. The first kappa shape index (κ1) is 14.9. The molecule has 2 atom stereocenters. The van der Waals surface area contributed by atoms with Gasteiger partial charge in [-0.15, -0.1) is 0 Å². The van der Waals surface area contributed by atoms with Crippen LogP contribution in [0.25, 0.3) is 0 Å². The van der Waals surface area contributed by atoms with Gasteiger partial charge in [0.1, 0.15) is 0 Å². The lowest BCUT2D eigenvalue weighted by molar-refractivity contribution is -0.137. The van der Waals surface area contributed by atoms with Crippen LogP contribution in [-0.2, 0) is 6.18 Å². The van der Waals surface area contributed by atoms with Gasteiger partial charge in [0.2, 0.25) is 0 Å². The number of carbonyl (C=O) groups excluding carboxylic acids is 1. The molecule has 110 valence electrons. The second kappa shape index (κ2) is 5.46. The van der Waals surface area contributed by atoms with Crippen molar-refractivity contribution in [3.8, 4) is 0 Å². The lowest BCUT2D eigenvalue weighted by atomic mass is 9.78. The number of ketones is 1. The summed E-state index contributed by atoms with van der Waals surface area (Å²) in [5.41, 5.74) is 5.01. The van der Waals surface area contributed by atoms with Gasteiger partial charge in [0.05, 0.1) is 5.56 Å². The van der Waals surface area contributed by atoms with Crippen molar-refractivity contribution in [3.05, 3.63) is 29.3 Å². The van der Waals surface area contributed by atoms with E-state index in [4.69, 9.17) is 5.73 Å². The fourth-order valence-electron chi connectivity index (χ4n) is 2.84. The zero-order chi connectivity index (χ0) is 14.9. The van der Waals surface area contributed by atoms with E-state index < -0.39 is 11.7 Å². The summed E-state index contributed by atoms with van der Waals surface area (Å²) < 4.78 is 38.1. The minimum atomic E-state index is -4.46. The van der Waals surface area contributed by atoms with E-state index in [-0.39, 0.29) is 23.0 Å². The van der Waals surface area contributed by atoms with E-state index in [1.807, 2.05) is 0 Å². The number of hydrogen-bond acceptors (Lipinski definition) is 2. The second-order valence-electron chi connectivity index (χ2n) is 5.63. The molecule has 1 aliphatic rings. The van der Waals surface area contributed by atoms with E-state index in [0.717, 1.165) is 37.8 Å². The number of hydrogen-bond donors (Lipinski definition) is 1. The van der Waals surface area contributed by atoms with Crippen LogP contribution in [0.2, 0.25) is 0 Å². The zero-order valence-electron chi connectivity index (χ0n) is 11.3. The summed E-state index contributed by atoms with van der Waals surface area (Å²) in [6.07, 6.45) is -0.978. The van der Waals surface area contributed by atoms with Crippen molar-refractivity contribution in [1.29, 1.82) is 0 Å². The molecule has 2 unspecified atom stereocenters. The Morgan fingerprint density at radius 3 is 2.60 bits per heavy atom. The molecular weight excluding hydrogens is 267 g/mol. The Kier molecular flexibility index (Phi) is 4.06. The second-order valence-corrected chi connectivity index (χ2v) is 5.63. The quantitative estimate of drug-likeness (QED) is 0.650. The molecule has 1 aliphatic carbocycles. The molecule has 5 heteroatoms. The van der Waals surface area contributed by atoms with Crippen LogP contribution in [-0.4, -0.2) is 5.78 Å². The molecule has 1 aromatic carbocycles. The Bertz CT molecular complexity index is 510. The van der Waals surface area contributed by atoms with Crippen LogP contribution in [0.4, 0.5) is 18.9 Å². The number of Topliss-reactive ketones (excluding diaryl/α,β-unsaturated/α-hetero) is 1. The largest absolute Gasteiger partial charge is 0.416 e. The van der Waals surface area contributed by atoms with Gasteiger partial charge in [-0.05, 0) is 37.0 Å². The minimum absolute atomic E-state index is 0.0129. The molecule has 2 nitrogen and oxygen atoms in total. The van der Waals surface area contributed by atoms with Crippen LogP contribution in [0.5, 0.6) is 0 Å². The SMILES string of the molecule is CC1CCCC(C(=O)c2cc(C(F)(F)F)ccc2N)C1. The first-order chi connectivity index (χ1) is 9.29. The Balaban J connectivity index is 2.29. The first-order valence-corrected chi connectivity index (χ1v) is 6.80. The summed E-state index contributed by atoms with van der Waals surface area (Å²) in [5, 5.41) is 0. The summed E-state index contributed by atoms with van der Waals surface area (Å²) in [6.45, 7) is 2.06. The van der Waals surface area contributed by atoms with Gasteiger partial charge in [0, 0.05) is 17.2 Å². The molecule has 0 spiro atoms. The number of alkyl halides is 3. The molecule has 2 rings (SSSR count). The van der Waals surface area contributed by atoms with Gasteiger partial charge < -0.3 is 5.73 Å². The molecule has 0 saturated heterocycles. The Hall–Kier alpha value is -1.52. The van der Waals surface area contributed by atoms with Gasteiger partial charge in [-0.3, -0.25) is 4.79 Å². The number of nitrogens with two attached hydrogens (primary N) is 1. The van der Waals surface area contributed by atoms with E-state index in [0.29, 0.717) is 5.92 Å². The highest BCUT2D eigenvalue weighted by Crippen LogP contribution is 2.35. The number of benzene rings is 1. The highest BCUT2D eigenvalue weighted by molar-refractivity contribution is 6.02. The monoisotopic (exact) mass is 285 g/mol. The molecule has 1 aromatic rings. The lowest BCUT2D eigenvalue weighted by Crippen LogP contribution is -2.23. The smallest absolute Gasteiger partial charge is 0.398 e. The third-order valence-electron chi connectivity index (χ3n) is 3.95. The van der Waals surface area contributed by atoms with Crippen molar-refractivity contribution in [1.82, 2.24) is 0 Å². The molecule has 0 amide bonds. The highest BCUT2D eigenvalue weighted by atomic mass is 19.4. The third-order valence-corrected chi connectivity index (χ3v) is 3.95. The van der Waals surface area contributed by atoms with Crippen LogP contribution < -0.4 is 5.73 Å². The van der Waals surface area contributed by atoms with Crippen molar-refractivity contribution in [2.75, 3.05) is 5.73 Å². The topological polar surface area (TPSA) is 43.1 Å². The molecule has 0 heterocycles. The van der Waals surface area contributed by atoms with Crippen molar-refractivity contribution in [2.24, 2.45) is 11.8 Å². The average molecular weight is 285 g/mol. The molecule has 20 heavy (non-hydrogen) atoms. The number of anilines is 1. The summed E-state index contributed by atoms with van der Waals surface area (Å²) in [7, 11) is 0. The van der Waals surface area contributed by atoms with Crippen molar-refractivity contribution < 1.29 is 18.0 Å².